The van der Waals surface area contributed by atoms with E-state index < -0.39 is 5.60 Å². The van der Waals surface area contributed by atoms with Gasteiger partial charge in [0.2, 0.25) is 0 Å². The Hall–Kier alpha value is -0.650. The van der Waals surface area contributed by atoms with Crippen LogP contribution in [0.1, 0.15) is 51.9 Å². The summed E-state index contributed by atoms with van der Waals surface area (Å²) in [5.41, 5.74) is -1.43. The maximum absolute atomic E-state index is 12.1. The van der Waals surface area contributed by atoms with E-state index in [-0.39, 0.29) is 18.6 Å². The summed E-state index contributed by atoms with van der Waals surface area (Å²) in [6.07, 6.45) is 8.35. The molecule has 1 aliphatic heterocycles. The number of methoxy groups -OCH3 is 1. The van der Waals surface area contributed by atoms with Crippen molar-refractivity contribution in [3.63, 3.8) is 0 Å². The molecular weight excluding hydrogens is 268 g/mol. The van der Waals surface area contributed by atoms with Gasteiger partial charge in [-0.05, 0) is 58.5 Å². The Labute approximate surface area is 128 Å². The lowest BCUT2D eigenvalue weighted by atomic mass is 9.88. The Morgan fingerprint density at radius 3 is 2.43 bits per heavy atom. The van der Waals surface area contributed by atoms with Gasteiger partial charge in [-0.2, -0.15) is 0 Å². The Bertz CT molecular complexity index is 332. The van der Waals surface area contributed by atoms with Gasteiger partial charge in [0.15, 0.2) is 5.60 Å². The standard InChI is InChI=1S/C16H30N2O3/c1-16(20,12-21-2)15(19)17-13-6-8-14(9-7-13)18-10-4-3-5-11-18/h13-14,20H,3-12H2,1-2H3,(H,17,19)/t13?,14?,16-/m1/s1. The number of nitrogens with zero attached hydrogens (tertiary/aromatic N) is 1. The second kappa shape index (κ2) is 7.56. The SMILES string of the molecule is COC[C@@](C)(O)C(=O)NC1CCC(N2CCCCC2)CC1. The molecule has 1 amide bonds. The third kappa shape index (κ3) is 4.66. The topological polar surface area (TPSA) is 61.8 Å². The van der Waals surface area contributed by atoms with E-state index in [0.717, 1.165) is 25.7 Å². The van der Waals surface area contributed by atoms with E-state index in [9.17, 15) is 9.90 Å². The molecule has 1 saturated heterocycles. The largest absolute Gasteiger partial charge is 0.381 e. The van der Waals surface area contributed by atoms with Crippen LogP contribution in [0.15, 0.2) is 0 Å². The molecule has 1 aliphatic carbocycles. The zero-order valence-corrected chi connectivity index (χ0v) is 13.4. The molecule has 0 radical (unpaired) electrons. The number of carbonyl (C=O) groups excluding carboxylic acids is 1. The first-order valence-electron chi connectivity index (χ1n) is 8.29. The fourth-order valence-electron chi connectivity index (χ4n) is 3.56. The third-order valence-corrected chi connectivity index (χ3v) is 4.85. The summed E-state index contributed by atoms with van der Waals surface area (Å²) >= 11 is 0. The zero-order valence-electron chi connectivity index (χ0n) is 13.4. The predicted molar refractivity (Wildman–Crippen MR) is 82.1 cm³/mol. The molecule has 0 aromatic rings. The number of aliphatic hydroxyl groups is 1. The van der Waals surface area contributed by atoms with Crippen molar-refractivity contribution in [1.29, 1.82) is 0 Å². The van der Waals surface area contributed by atoms with Crippen molar-refractivity contribution in [2.24, 2.45) is 0 Å². The molecule has 122 valence electrons. The number of ether oxygens (including phenoxy) is 1. The van der Waals surface area contributed by atoms with E-state index in [4.69, 9.17) is 4.74 Å². The van der Waals surface area contributed by atoms with Crippen molar-refractivity contribution >= 4 is 5.91 Å². The molecule has 2 N–H and O–H groups in total. The smallest absolute Gasteiger partial charge is 0.254 e. The highest BCUT2D eigenvalue weighted by atomic mass is 16.5. The van der Waals surface area contributed by atoms with Crippen LogP contribution < -0.4 is 5.32 Å². The molecule has 1 heterocycles. The molecule has 1 saturated carbocycles. The van der Waals surface area contributed by atoms with E-state index in [1.165, 1.54) is 46.4 Å². The lowest BCUT2D eigenvalue weighted by Gasteiger charge is -2.39. The van der Waals surface area contributed by atoms with Gasteiger partial charge >= 0.3 is 0 Å². The summed E-state index contributed by atoms with van der Waals surface area (Å²) < 4.78 is 4.90. The fourth-order valence-corrected chi connectivity index (χ4v) is 3.56. The van der Waals surface area contributed by atoms with Crippen LogP contribution in [-0.4, -0.2) is 60.4 Å². The van der Waals surface area contributed by atoms with Gasteiger partial charge < -0.3 is 20.1 Å². The minimum Gasteiger partial charge on any atom is -0.381 e. The molecule has 21 heavy (non-hydrogen) atoms. The summed E-state index contributed by atoms with van der Waals surface area (Å²) in [6.45, 7) is 4.02. The van der Waals surface area contributed by atoms with Gasteiger partial charge in [-0.1, -0.05) is 6.42 Å². The first-order valence-corrected chi connectivity index (χ1v) is 8.29. The predicted octanol–water partition coefficient (Wildman–Crippen LogP) is 1.30. The molecule has 0 spiro atoms. The second-order valence-electron chi connectivity index (χ2n) is 6.78. The van der Waals surface area contributed by atoms with Gasteiger partial charge in [-0.3, -0.25) is 4.79 Å². The van der Waals surface area contributed by atoms with Gasteiger partial charge in [0, 0.05) is 19.2 Å². The van der Waals surface area contributed by atoms with Crippen LogP contribution in [-0.2, 0) is 9.53 Å². The van der Waals surface area contributed by atoms with E-state index in [1.807, 2.05) is 0 Å². The maximum atomic E-state index is 12.1. The van der Waals surface area contributed by atoms with E-state index in [0.29, 0.717) is 6.04 Å². The quantitative estimate of drug-likeness (QED) is 0.803. The van der Waals surface area contributed by atoms with Crippen LogP contribution in [0.2, 0.25) is 0 Å². The van der Waals surface area contributed by atoms with Crippen molar-refractivity contribution in [2.45, 2.75) is 69.6 Å². The molecule has 2 fully saturated rings. The number of hydrogen-bond donors (Lipinski definition) is 2. The first-order chi connectivity index (χ1) is 10.0. The molecule has 0 bridgehead atoms. The van der Waals surface area contributed by atoms with Gasteiger partial charge in [-0.15, -0.1) is 0 Å². The summed E-state index contributed by atoms with van der Waals surface area (Å²) in [7, 11) is 1.49. The van der Waals surface area contributed by atoms with E-state index in [2.05, 4.69) is 10.2 Å². The van der Waals surface area contributed by atoms with E-state index in [1.54, 1.807) is 0 Å². The number of nitrogens with one attached hydrogen (secondary N) is 1. The van der Waals surface area contributed by atoms with Crippen LogP contribution in [0.5, 0.6) is 0 Å². The van der Waals surface area contributed by atoms with Crippen LogP contribution >= 0.6 is 0 Å². The average molecular weight is 298 g/mol. The van der Waals surface area contributed by atoms with Crippen LogP contribution in [0.4, 0.5) is 0 Å². The highest BCUT2D eigenvalue weighted by Crippen LogP contribution is 2.26. The van der Waals surface area contributed by atoms with Crippen molar-refractivity contribution in [1.82, 2.24) is 10.2 Å². The molecule has 5 nitrogen and oxygen atoms in total. The zero-order chi connectivity index (χ0) is 15.3. The van der Waals surface area contributed by atoms with Crippen molar-refractivity contribution in [2.75, 3.05) is 26.8 Å². The summed E-state index contributed by atoms with van der Waals surface area (Å²) in [5.74, 6) is -0.314. The first kappa shape index (κ1) is 16.7. The number of piperidine rings is 1. The minimum atomic E-state index is -1.43. The Morgan fingerprint density at radius 2 is 1.86 bits per heavy atom. The second-order valence-corrected chi connectivity index (χ2v) is 6.78. The number of rotatable bonds is 5. The lowest BCUT2D eigenvalue weighted by Crippen LogP contribution is -2.52. The Morgan fingerprint density at radius 1 is 1.24 bits per heavy atom. The summed E-state index contributed by atoms with van der Waals surface area (Å²) in [5, 5.41) is 13.0. The number of hydrogen-bond acceptors (Lipinski definition) is 4. The lowest BCUT2D eigenvalue weighted by molar-refractivity contribution is -0.144. The summed E-state index contributed by atoms with van der Waals surface area (Å²) in [6, 6.07) is 0.889. The molecule has 0 aromatic heterocycles. The number of amides is 1. The molecule has 1 atom stereocenters. The average Bonchev–Trinajstić information content (AvgIpc) is 2.49. The third-order valence-electron chi connectivity index (χ3n) is 4.85. The minimum absolute atomic E-state index is 0.0297. The van der Waals surface area contributed by atoms with Crippen molar-refractivity contribution in [3.8, 4) is 0 Å². The highest BCUT2D eigenvalue weighted by molar-refractivity contribution is 5.84. The monoisotopic (exact) mass is 298 g/mol. The van der Waals surface area contributed by atoms with Crippen LogP contribution in [0.25, 0.3) is 0 Å². The molecule has 2 rings (SSSR count). The number of carbonyl (C=O) groups is 1. The highest BCUT2D eigenvalue weighted by Gasteiger charge is 2.33. The van der Waals surface area contributed by atoms with Crippen molar-refractivity contribution in [3.05, 3.63) is 0 Å². The van der Waals surface area contributed by atoms with Crippen LogP contribution in [0, 0.1) is 0 Å². The summed E-state index contributed by atoms with van der Waals surface area (Å²) in [4.78, 5) is 14.7. The molecule has 0 unspecified atom stereocenters. The van der Waals surface area contributed by atoms with Gasteiger partial charge in [-0.25, -0.2) is 0 Å². The Balaban J connectivity index is 1.74. The molecular formula is C16H30N2O3. The van der Waals surface area contributed by atoms with Gasteiger partial charge in [0.1, 0.15) is 0 Å². The van der Waals surface area contributed by atoms with Gasteiger partial charge in [0.05, 0.1) is 6.61 Å². The van der Waals surface area contributed by atoms with Crippen molar-refractivity contribution < 1.29 is 14.6 Å². The molecule has 0 aromatic carbocycles. The maximum Gasteiger partial charge on any atom is 0.254 e. The fraction of sp³-hybridized carbons (Fsp3) is 0.938. The Kier molecular flexibility index (Phi) is 6.02. The molecule has 2 aliphatic rings. The molecule has 5 heteroatoms. The van der Waals surface area contributed by atoms with E-state index >= 15 is 0 Å². The number of likely N-dealkylation sites (tertiary alicyclic amines) is 1. The van der Waals surface area contributed by atoms with Gasteiger partial charge in [0.25, 0.3) is 5.91 Å². The van der Waals surface area contributed by atoms with Crippen LogP contribution in [0.3, 0.4) is 0 Å². The normalized spacial score (nSPS) is 30.6.